The van der Waals surface area contributed by atoms with Crippen molar-refractivity contribution in [3.63, 3.8) is 0 Å². The van der Waals surface area contributed by atoms with E-state index in [1.807, 2.05) is 0 Å². The van der Waals surface area contributed by atoms with E-state index in [1.165, 1.54) is 0 Å². The standard InChI is InChI=1S/C14H22ClIN2/c1-13(2,3)8-7-9-17-11(14(4,5)6)10(16)12(15)18-9/h7-8H2,1-6H3. The first-order chi connectivity index (χ1) is 8.00. The smallest absolute Gasteiger partial charge is 0.146 e. The Morgan fingerprint density at radius 3 is 2.06 bits per heavy atom. The predicted octanol–water partition coefficient (Wildman–Crippen LogP) is 5.01. The Bertz CT molecular complexity index is 431. The molecule has 0 bridgehead atoms. The van der Waals surface area contributed by atoms with Gasteiger partial charge in [-0.25, -0.2) is 9.97 Å². The van der Waals surface area contributed by atoms with Gasteiger partial charge in [-0.05, 0) is 34.4 Å². The van der Waals surface area contributed by atoms with Gasteiger partial charge in [0, 0.05) is 11.8 Å². The molecule has 1 heterocycles. The second-order valence-electron chi connectivity index (χ2n) is 6.90. The van der Waals surface area contributed by atoms with Crippen molar-refractivity contribution >= 4 is 34.2 Å². The average molecular weight is 381 g/mol. The van der Waals surface area contributed by atoms with E-state index in [0.717, 1.165) is 27.9 Å². The minimum atomic E-state index is -0.000411. The monoisotopic (exact) mass is 380 g/mol. The van der Waals surface area contributed by atoms with Crippen molar-refractivity contribution in [1.82, 2.24) is 9.97 Å². The van der Waals surface area contributed by atoms with Crippen molar-refractivity contribution in [1.29, 1.82) is 0 Å². The first kappa shape index (κ1) is 16.2. The number of hydrogen-bond acceptors (Lipinski definition) is 2. The molecule has 1 aromatic rings. The molecule has 18 heavy (non-hydrogen) atoms. The van der Waals surface area contributed by atoms with Gasteiger partial charge < -0.3 is 0 Å². The molecule has 0 amide bonds. The van der Waals surface area contributed by atoms with Gasteiger partial charge in [-0.15, -0.1) is 0 Å². The Kier molecular flexibility index (Phi) is 5.04. The molecule has 0 unspecified atom stereocenters. The Morgan fingerprint density at radius 1 is 1.06 bits per heavy atom. The van der Waals surface area contributed by atoms with Crippen molar-refractivity contribution < 1.29 is 0 Å². The first-order valence-corrected chi connectivity index (χ1v) is 7.69. The fourth-order valence-electron chi connectivity index (χ4n) is 1.56. The van der Waals surface area contributed by atoms with Crippen LogP contribution < -0.4 is 0 Å². The van der Waals surface area contributed by atoms with Crippen LogP contribution in [0.2, 0.25) is 5.15 Å². The summed E-state index contributed by atoms with van der Waals surface area (Å²) < 4.78 is 0.973. The minimum Gasteiger partial charge on any atom is -0.236 e. The summed E-state index contributed by atoms with van der Waals surface area (Å²) in [7, 11) is 0. The van der Waals surface area contributed by atoms with Gasteiger partial charge in [0.15, 0.2) is 0 Å². The predicted molar refractivity (Wildman–Crippen MR) is 86.2 cm³/mol. The lowest BCUT2D eigenvalue weighted by Crippen LogP contribution is -2.19. The second-order valence-corrected chi connectivity index (χ2v) is 8.34. The largest absolute Gasteiger partial charge is 0.236 e. The summed E-state index contributed by atoms with van der Waals surface area (Å²) in [6.45, 7) is 13.1. The zero-order valence-electron chi connectivity index (χ0n) is 12.1. The van der Waals surface area contributed by atoms with E-state index in [0.29, 0.717) is 10.6 Å². The van der Waals surface area contributed by atoms with Crippen molar-refractivity contribution in [3.05, 3.63) is 20.2 Å². The van der Waals surface area contributed by atoms with Crippen molar-refractivity contribution in [2.45, 2.75) is 59.8 Å². The third-order valence-electron chi connectivity index (χ3n) is 2.67. The molecule has 0 spiro atoms. The fraction of sp³-hybridized carbons (Fsp3) is 0.714. The zero-order chi connectivity index (χ0) is 14.1. The van der Waals surface area contributed by atoms with Crippen LogP contribution in [-0.2, 0) is 11.8 Å². The van der Waals surface area contributed by atoms with Crippen LogP contribution in [0.5, 0.6) is 0 Å². The number of rotatable bonds is 2. The quantitative estimate of drug-likeness (QED) is 0.532. The summed E-state index contributed by atoms with van der Waals surface area (Å²) in [4.78, 5) is 9.10. The Morgan fingerprint density at radius 2 is 1.61 bits per heavy atom. The molecular weight excluding hydrogens is 359 g/mol. The minimum absolute atomic E-state index is 0.000411. The Balaban J connectivity index is 3.06. The van der Waals surface area contributed by atoms with Crippen LogP contribution in [0.4, 0.5) is 0 Å². The van der Waals surface area contributed by atoms with E-state index in [4.69, 9.17) is 16.6 Å². The lowest BCUT2D eigenvalue weighted by molar-refractivity contribution is 0.373. The third kappa shape index (κ3) is 4.65. The van der Waals surface area contributed by atoms with E-state index in [-0.39, 0.29) is 5.41 Å². The number of aromatic nitrogens is 2. The average Bonchev–Trinajstić information content (AvgIpc) is 2.16. The topological polar surface area (TPSA) is 25.8 Å². The lowest BCUT2D eigenvalue weighted by atomic mass is 9.90. The SMILES string of the molecule is CC(C)(C)CCc1nc(Cl)c(I)c(C(C)(C)C)n1. The Labute approximate surface area is 129 Å². The highest BCUT2D eigenvalue weighted by atomic mass is 127. The maximum Gasteiger partial charge on any atom is 0.146 e. The maximum atomic E-state index is 6.22. The summed E-state index contributed by atoms with van der Waals surface area (Å²) >= 11 is 8.45. The van der Waals surface area contributed by atoms with Crippen molar-refractivity contribution in [2.75, 3.05) is 0 Å². The molecule has 0 saturated carbocycles. The molecule has 1 aromatic heterocycles. The van der Waals surface area contributed by atoms with Crippen LogP contribution in [0, 0.1) is 8.99 Å². The van der Waals surface area contributed by atoms with Crippen LogP contribution in [0.25, 0.3) is 0 Å². The van der Waals surface area contributed by atoms with Crippen molar-refractivity contribution in [2.24, 2.45) is 5.41 Å². The molecule has 102 valence electrons. The third-order valence-corrected chi connectivity index (χ3v) is 4.28. The van der Waals surface area contributed by atoms with E-state index in [9.17, 15) is 0 Å². The highest BCUT2D eigenvalue weighted by molar-refractivity contribution is 14.1. The van der Waals surface area contributed by atoms with Crippen LogP contribution in [0.3, 0.4) is 0 Å². The summed E-state index contributed by atoms with van der Waals surface area (Å²) in [5.74, 6) is 0.861. The first-order valence-electron chi connectivity index (χ1n) is 6.23. The second kappa shape index (κ2) is 5.61. The number of aryl methyl sites for hydroxylation is 1. The van der Waals surface area contributed by atoms with E-state index >= 15 is 0 Å². The summed E-state index contributed by atoms with van der Waals surface area (Å²) in [6, 6.07) is 0. The van der Waals surface area contributed by atoms with Gasteiger partial charge in [-0.1, -0.05) is 53.1 Å². The number of nitrogens with zero attached hydrogens (tertiary/aromatic N) is 2. The summed E-state index contributed by atoms with van der Waals surface area (Å²) in [5.41, 5.74) is 1.34. The van der Waals surface area contributed by atoms with E-state index in [2.05, 4.69) is 69.1 Å². The van der Waals surface area contributed by atoms with E-state index in [1.54, 1.807) is 0 Å². The van der Waals surface area contributed by atoms with Gasteiger partial charge in [0.05, 0.1) is 9.26 Å². The fourth-order valence-corrected chi connectivity index (χ4v) is 2.80. The van der Waals surface area contributed by atoms with Gasteiger partial charge in [-0.3, -0.25) is 0 Å². The molecule has 0 aliphatic rings. The lowest BCUT2D eigenvalue weighted by Gasteiger charge is -2.22. The van der Waals surface area contributed by atoms with Gasteiger partial charge >= 0.3 is 0 Å². The number of hydrogen-bond donors (Lipinski definition) is 0. The molecule has 1 rings (SSSR count). The summed E-state index contributed by atoms with van der Waals surface area (Å²) in [6.07, 6.45) is 1.94. The van der Waals surface area contributed by atoms with Crippen molar-refractivity contribution in [3.8, 4) is 0 Å². The highest BCUT2D eigenvalue weighted by Crippen LogP contribution is 2.30. The van der Waals surface area contributed by atoms with Crippen LogP contribution in [0.15, 0.2) is 0 Å². The maximum absolute atomic E-state index is 6.22. The molecule has 0 aliphatic carbocycles. The molecule has 0 fully saturated rings. The van der Waals surface area contributed by atoms with Gasteiger partial charge in [0.25, 0.3) is 0 Å². The van der Waals surface area contributed by atoms with E-state index < -0.39 is 0 Å². The van der Waals surface area contributed by atoms with Crippen LogP contribution in [-0.4, -0.2) is 9.97 Å². The van der Waals surface area contributed by atoms with Crippen LogP contribution >= 0.6 is 34.2 Å². The molecule has 0 radical (unpaired) electrons. The zero-order valence-corrected chi connectivity index (χ0v) is 15.0. The molecule has 0 saturated heterocycles. The number of halogens is 2. The Hall–Kier alpha value is 0.1000. The molecule has 2 nitrogen and oxygen atoms in total. The molecule has 0 N–H and O–H groups in total. The molecule has 0 atom stereocenters. The van der Waals surface area contributed by atoms with Gasteiger partial charge in [0.1, 0.15) is 11.0 Å². The molecule has 0 aliphatic heterocycles. The summed E-state index contributed by atoms with van der Waals surface area (Å²) in [5, 5.41) is 0.583. The molecular formula is C14H22ClIN2. The molecule has 0 aromatic carbocycles. The molecule has 4 heteroatoms. The van der Waals surface area contributed by atoms with Crippen LogP contribution in [0.1, 0.15) is 59.5 Å². The van der Waals surface area contributed by atoms with Gasteiger partial charge in [-0.2, -0.15) is 0 Å². The van der Waals surface area contributed by atoms with Gasteiger partial charge in [0.2, 0.25) is 0 Å². The highest BCUT2D eigenvalue weighted by Gasteiger charge is 2.23. The normalized spacial score (nSPS) is 12.9.